The maximum atomic E-state index is 12.6. The number of nitrogens with zero attached hydrogens (tertiary/aromatic N) is 3. The van der Waals surface area contributed by atoms with Crippen LogP contribution in [0.1, 0.15) is 30.7 Å². The van der Waals surface area contributed by atoms with Crippen molar-refractivity contribution in [3.8, 4) is 28.6 Å². The highest BCUT2D eigenvalue weighted by atomic mass is 16.5. The van der Waals surface area contributed by atoms with Crippen molar-refractivity contribution in [2.75, 3.05) is 27.4 Å². The Kier molecular flexibility index (Phi) is 6.06. The van der Waals surface area contributed by atoms with Crippen LogP contribution in [0.5, 0.6) is 17.2 Å². The van der Waals surface area contributed by atoms with E-state index in [0.29, 0.717) is 49.3 Å². The van der Waals surface area contributed by atoms with Gasteiger partial charge in [0.15, 0.2) is 11.5 Å². The van der Waals surface area contributed by atoms with Crippen molar-refractivity contribution in [3.63, 3.8) is 0 Å². The van der Waals surface area contributed by atoms with E-state index in [1.54, 1.807) is 14.2 Å². The highest BCUT2D eigenvalue weighted by Crippen LogP contribution is 2.33. The van der Waals surface area contributed by atoms with E-state index >= 15 is 0 Å². The zero-order chi connectivity index (χ0) is 21.8. The number of benzene rings is 2. The van der Waals surface area contributed by atoms with Crippen LogP contribution in [-0.2, 0) is 11.3 Å². The second kappa shape index (κ2) is 9.07. The van der Waals surface area contributed by atoms with Gasteiger partial charge in [-0.1, -0.05) is 17.3 Å². The predicted molar refractivity (Wildman–Crippen MR) is 113 cm³/mol. The minimum atomic E-state index is -0.135. The summed E-state index contributed by atoms with van der Waals surface area (Å²) in [7, 11) is 3.22. The van der Waals surface area contributed by atoms with Crippen LogP contribution < -0.4 is 14.2 Å². The van der Waals surface area contributed by atoms with E-state index in [1.165, 1.54) is 0 Å². The Morgan fingerprint density at radius 1 is 1.13 bits per heavy atom. The molecule has 8 heteroatoms. The Balaban J connectivity index is 1.47. The maximum absolute atomic E-state index is 12.6. The lowest BCUT2D eigenvalue weighted by Crippen LogP contribution is -2.24. The zero-order valence-electron chi connectivity index (χ0n) is 17.8. The van der Waals surface area contributed by atoms with Gasteiger partial charge in [0.2, 0.25) is 17.6 Å². The van der Waals surface area contributed by atoms with E-state index in [2.05, 4.69) is 10.1 Å². The van der Waals surface area contributed by atoms with Gasteiger partial charge >= 0.3 is 0 Å². The monoisotopic (exact) mass is 423 g/mol. The summed E-state index contributed by atoms with van der Waals surface area (Å²) >= 11 is 0. The average Bonchev–Trinajstić information content (AvgIpc) is 3.42. The largest absolute Gasteiger partial charge is 0.497 e. The molecule has 3 aromatic rings. The van der Waals surface area contributed by atoms with Crippen molar-refractivity contribution >= 4 is 5.91 Å². The first kappa shape index (κ1) is 20.7. The first-order valence-corrected chi connectivity index (χ1v) is 10.2. The van der Waals surface area contributed by atoms with E-state index < -0.39 is 0 Å². The molecule has 1 fully saturated rings. The van der Waals surface area contributed by atoms with Crippen LogP contribution >= 0.6 is 0 Å². The topological polar surface area (TPSA) is 86.9 Å². The Hall–Kier alpha value is -3.55. The minimum Gasteiger partial charge on any atom is -0.497 e. The quantitative estimate of drug-likeness (QED) is 0.546. The summed E-state index contributed by atoms with van der Waals surface area (Å²) in [5.74, 6) is 2.88. The first-order valence-electron chi connectivity index (χ1n) is 10.2. The smallest absolute Gasteiger partial charge is 0.232 e. The summed E-state index contributed by atoms with van der Waals surface area (Å²) in [5.41, 5.74) is 1.77. The molecule has 1 unspecified atom stereocenters. The average molecular weight is 423 g/mol. The molecule has 0 N–H and O–H groups in total. The Morgan fingerprint density at radius 2 is 2.00 bits per heavy atom. The number of hydrogen-bond donors (Lipinski definition) is 0. The lowest BCUT2D eigenvalue weighted by molar-refractivity contribution is -0.128. The molecule has 2 aromatic carbocycles. The van der Waals surface area contributed by atoms with Gasteiger partial charge in [-0.05, 0) is 42.8 Å². The van der Waals surface area contributed by atoms with Crippen molar-refractivity contribution in [1.29, 1.82) is 0 Å². The van der Waals surface area contributed by atoms with E-state index in [-0.39, 0.29) is 11.8 Å². The third-order valence-electron chi connectivity index (χ3n) is 5.23. The number of carbonyl (C=O) groups excluding carboxylic acids is 1. The molecule has 1 aliphatic rings. The molecule has 0 saturated carbocycles. The lowest BCUT2D eigenvalue weighted by Gasteiger charge is -2.16. The van der Waals surface area contributed by atoms with Gasteiger partial charge in [0.1, 0.15) is 5.75 Å². The summed E-state index contributed by atoms with van der Waals surface area (Å²) in [6.45, 7) is 3.51. The fraction of sp³-hybridized carbons (Fsp3) is 0.348. The van der Waals surface area contributed by atoms with Crippen molar-refractivity contribution in [2.45, 2.75) is 25.8 Å². The molecule has 2 heterocycles. The number of ether oxygens (including phenoxy) is 3. The molecule has 162 valence electrons. The second-order valence-electron chi connectivity index (χ2n) is 7.28. The SMILES string of the molecule is CCOc1ccc(-c2noc(C3CC(=O)N(Cc4cccc(OC)c4)C3)n2)cc1OC. The number of carbonyl (C=O) groups is 1. The van der Waals surface area contributed by atoms with Gasteiger partial charge in [-0.3, -0.25) is 4.79 Å². The molecule has 0 aliphatic carbocycles. The number of likely N-dealkylation sites (tertiary alicyclic amines) is 1. The fourth-order valence-corrected chi connectivity index (χ4v) is 3.68. The lowest BCUT2D eigenvalue weighted by atomic mass is 10.1. The van der Waals surface area contributed by atoms with Gasteiger partial charge < -0.3 is 23.6 Å². The molecule has 31 heavy (non-hydrogen) atoms. The molecule has 0 bridgehead atoms. The van der Waals surface area contributed by atoms with Crippen molar-refractivity contribution in [1.82, 2.24) is 15.0 Å². The first-order chi connectivity index (χ1) is 15.1. The number of methoxy groups -OCH3 is 2. The van der Waals surface area contributed by atoms with Gasteiger partial charge in [0, 0.05) is 25.1 Å². The highest BCUT2D eigenvalue weighted by Gasteiger charge is 2.34. The Bertz CT molecular complexity index is 1060. The maximum Gasteiger partial charge on any atom is 0.232 e. The van der Waals surface area contributed by atoms with Crippen molar-refractivity contribution in [2.24, 2.45) is 0 Å². The molecule has 1 aromatic heterocycles. The van der Waals surface area contributed by atoms with Crippen LogP contribution in [0.3, 0.4) is 0 Å². The minimum absolute atomic E-state index is 0.0651. The van der Waals surface area contributed by atoms with Gasteiger partial charge in [-0.15, -0.1) is 0 Å². The normalized spacial score (nSPS) is 15.9. The molecule has 1 atom stereocenters. The summed E-state index contributed by atoms with van der Waals surface area (Å²) in [6.07, 6.45) is 0.345. The van der Waals surface area contributed by atoms with Crippen LogP contribution in [0.15, 0.2) is 47.0 Å². The predicted octanol–water partition coefficient (Wildman–Crippen LogP) is 3.67. The molecular weight excluding hydrogens is 398 g/mol. The summed E-state index contributed by atoms with van der Waals surface area (Å²) < 4.78 is 21.7. The van der Waals surface area contributed by atoms with Crippen LogP contribution in [0.25, 0.3) is 11.4 Å². The Morgan fingerprint density at radius 3 is 2.77 bits per heavy atom. The summed E-state index contributed by atoms with van der Waals surface area (Å²) in [4.78, 5) is 18.9. The molecule has 1 saturated heterocycles. The van der Waals surface area contributed by atoms with Gasteiger partial charge in [0.25, 0.3) is 0 Å². The third kappa shape index (κ3) is 4.47. The molecule has 0 spiro atoms. The molecule has 0 radical (unpaired) electrons. The molecule has 1 aliphatic heterocycles. The van der Waals surface area contributed by atoms with E-state index in [9.17, 15) is 4.79 Å². The van der Waals surface area contributed by atoms with E-state index in [1.807, 2.05) is 54.3 Å². The van der Waals surface area contributed by atoms with Gasteiger partial charge in [-0.25, -0.2) is 0 Å². The highest BCUT2D eigenvalue weighted by molar-refractivity contribution is 5.79. The molecule has 4 rings (SSSR count). The number of hydrogen-bond acceptors (Lipinski definition) is 7. The number of rotatable bonds is 8. The number of aromatic nitrogens is 2. The molecular formula is C23H25N3O5. The van der Waals surface area contributed by atoms with Crippen LogP contribution in [0.2, 0.25) is 0 Å². The molecule has 8 nitrogen and oxygen atoms in total. The van der Waals surface area contributed by atoms with Crippen molar-refractivity contribution < 1.29 is 23.5 Å². The van der Waals surface area contributed by atoms with Crippen LogP contribution in [-0.4, -0.2) is 48.3 Å². The number of amides is 1. The summed E-state index contributed by atoms with van der Waals surface area (Å²) in [5, 5.41) is 4.11. The Labute approximate surface area is 180 Å². The van der Waals surface area contributed by atoms with Crippen LogP contribution in [0, 0.1) is 0 Å². The van der Waals surface area contributed by atoms with E-state index in [4.69, 9.17) is 18.7 Å². The molecule has 1 amide bonds. The second-order valence-corrected chi connectivity index (χ2v) is 7.28. The van der Waals surface area contributed by atoms with Gasteiger partial charge in [-0.2, -0.15) is 4.98 Å². The fourth-order valence-electron chi connectivity index (χ4n) is 3.68. The summed E-state index contributed by atoms with van der Waals surface area (Å²) in [6, 6.07) is 13.2. The van der Waals surface area contributed by atoms with E-state index in [0.717, 1.165) is 16.9 Å². The van der Waals surface area contributed by atoms with Crippen LogP contribution in [0.4, 0.5) is 0 Å². The zero-order valence-corrected chi connectivity index (χ0v) is 17.8. The van der Waals surface area contributed by atoms with Gasteiger partial charge in [0.05, 0.1) is 26.7 Å². The van der Waals surface area contributed by atoms with Crippen molar-refractivity contribution in [3.05, 3.63) is 53.9 Å². The third-order valence-corrected chi connectivity index (χ3v) is 5.23. The standard InChI is InChI=1S/C23H25N3O5/c1-4-30-19-9-8-16(11-20(19)29-3)22-24-23(31-25-22)17-12-21(27)26(14-17)13-15-6-5-7-18(10-15)28-2/h5-11,17H,4,12-14H2,1-3H3.